The van der Waals surface area contributed by atoms with Gasteiger partial charge in [0, 0.05) is 5.56 Å². The van der Waals surface area contributed by atoms with E-state index in [0.29, 0.717) is 11.7 Å². The first-order chi connectivity index (χ1) is 12.1. The molecule has 0 aromatic heterocycles. The highest BCUT2D eigenvalue weighted by Crippen LogP contribution is 2.31. The highest BCUT2D eigenvalue weighted by molar-refractivity contribution is 5.74. The lowest BCUT2D eigenvalue weighted by atomic mass is 9.92. The van der Waals surface area contributed by atoms with Crippen LogP contribution in [0.2, 0.25) is 0 Å². The third-order valence-corrected chi connectivity index (χ3v) is 4.26. The van der Waals surface area contributed by atoms with Crippen molar-refractivity contribution >= 4 is 6.16 Å². The number of benzene rings is 3. The van der Waals surface area contributed by atoms with Gasteiger partial charge in [0.15, 0.2) is 0 Å². The molecule has 0 radical (unpaired) electrons. The molecular weight excluding hydrogens is 312 g/mol. The predicted molar refractivity (Wildman–Crippen MR) is 99.1 cm³/mol. The van der Waals surface area contributed by atoms with E-state index in [9.17, 15) is 4.79 Å². The Morgan fingerprint density at radius 3 is 2.24 bits per heavy atom. The van der Waals surface area contributed by atoms with Gasteiger partial charge in [-0.3, -0.25) is 0 Å². The average Bonchev–Trinajstić information content (AvgIpc) is 2.63. The summed E-state index contributed by atoms with van der Waals surface area (Å²) in [5.74, 6) is 0.752. The zero-order valence-corrected chi connectivity index (χ0v) is 14.1. The van der Waals surface area contributed by atoms with Gasteiger partial charge >= 0.3 is 6.16 Å². The second kappa shape index (κ2) is 7.67. The van der Waals surface area contributed by atoms with Crippen LogP contribution in [0.15, 0.2) is 78.9 Å². The summed E-state index contributed by atoms with van der Waals surface area (Å²) in [7, 11) is 0. The van der Waals surface area contributed by atoms with E-state index in [1.54, 1.807) is 12.1 Å². The summed E-state index contributed by atoms with van der Waals surface area (Å²) in [4.78, 5) is 10.8. The quantitative estimate of drug-likeness (QED) is 0.477. The van der Waals surface area contributed by atoms with Crippen molar-refractivity contribution < 1.29 is 14.6 Å². The summed E-state index contributed by atoms with van der Waals surface area (Å²) in [6.45, 7) is 2.21. The van der Waals surface area contributed by atoms with Gasteiger partial charge in [-0.15, -0.1) is 0 Å². The molecule has 0 fully saturated rings. The monoisotopic (exact) mass is 332 g/mol. The Hall–Kier alpha value is -3.07. The topological polar surface area (TPSA) is 46.5 Å². The van der Waals surface area contributed by atoms with Crippen molar-refractivity contribution in [3.05, 3.63) is 90.0 Å². The molecular formula is C22H20O3. The maximum Gasteiger partial charge on any atom is 0.511 e. The highest BCUT2D eigenvalue weighted by atomic mass is 16.7. The Morgan fingerprint density at radius 1 is 0.920 bits per heavy atom. The zero-order valence-electron chi connectivity index (χ0n) is 14.1. The molecule has 3 aromatic carbocycles. The average molecular weight is 332 g/mol. The molecule has 0 saturated heterocycles. The number of hydrogen-bond acceptors (Lipinski definition) is 2. The van der Waals surface area contributed by atoms with Crippen molar-refractivity contribution in [3.63, 3.8) is 0 Å². The zero-order chi connectivity index (χ0) is 17.6. The van der Waals surface area contributed by atoms with Crippen molar-refractivity contribution in [3.8, 4) is 16.9 Å². The van der Waals surface area contributed by atoms with Crippen LogP contribution < -0.4 is 4.74 Å². The van der Waals surface area contributed by atoms with E-state index in [0.717, 1.165) is 17.5 Å². The van der Waals surface area contributed by atoms with Gasteiger partial charge in [-0.05, 0) is 35.1 Å². The van der Waals surface area contributed by atoms with E-state index in [1.165, 1.54) is 11.1 Å². The second-order valence-corrected chi connectivity index (χ2v) is 6.08. The van der Waals surface area contributed by atoms with E-state index in [1.807, 2.05) is 30.3 Å². The summed E-state index contributed by atoms with van der Waals surface area (Å²) in [5, 5.41) is 8.87. The molecule has 0 heterocycles. The molecule has 0 bridgehead atoms. The molecule has 3 nitrogen and oxygen atoms in total. The number of hydrogen-bond donors (Lipinski definition) is 1. The molecule has 1 unspecified atom stereocenters. The lowest BCUT2D eigenvalue weighted by Gasteiger charge is -2.14. The van der Waals surface area contributed by atoms with Crippen LogP contribution in [-0.2, 0) is 6.42 Å². The number of para-hydroxylation sites is 1. The molecule has 3 rings (SSSR count). The fourth-order valence-corrected chi connectivity index (χ4v) is 2.96. The first-order valence-corrected chi connectivity index (χ1v) is 8.27. The molecule has 0 aliphatic rings. The molecule has 1 atom stereocenters. The number of carboxylic acid groups (broad SMARTS) is 1. The van der Waals surface area contributed by atoms with Crippen molar-refractivity contribution in [1.82, 2.24) is 0 Å². The summed E-state index contributed by atoms with van der Waals surface area (Å²) >= 11 is 0. The van der Waals surface area contributed by atoms with Gasteiger partial charge in [-0.2, -0.15) is 0 Å². The fraction of sp³-hybridized carbons (Fsp3) is 0.136. The maximum atomic E-state index is 10.8. The van der Waals surface area contributed by atoms with E-state index < -0.39 is 6.16 Å². The van der Waals surface area contributed by atoms with Crippen LogP contribution >= 0.6 is 0 Å². The Morgan fingerprint density at radius 2 is 1.56 bits per heavy atom. The van der Waals surface area contributed by atoms with Crippen molar-refractivity contribution in [2.75, 3.05) is 0 Å². The van der Waals surface area contributed by atoms with Gasteiger partial charge in [0.05, 0.1) is 0 Å². The van der Waals surface area contributed by atoms with Crippen LogP contribution in [0.3, 0.4) is 0 Å². The van der Waals surface area contributed by atoms with E-state index >= 15 is 0 Å². The van der Waals surface area contributed by atoms with Gasteiger partial charge < -0.3 is 9.84 Å². The normalized spacial score (nSPS) is 11.7. The maximum absolute atomic E-state index is 10.8. The Kier molecular flexibility index (Phi) is 5.14. The minimum Gasteiger partial charge on any atom is -0.449 e. The van der Waals surface area contributed by atoms with Crippen LogP contribution in [0.1, 0.15) is 24.0 Å². The summed E-state index contributed by atoms with van der Waals surface area (Å²) in [6, 6.07) is 25.8. The molecule has 25 heavy (non-hydrogen) atoms. The largest absolute Gasteiger partial charge is 0.511 e. The number of rotatable bonds is 5. The van der Waals surface area contributed by atoms with Gasteiger partial charge in [-0.25, -0.2) is 4.79 Å². The molecule has 3 heteroatoms. The van der Waals surface area contributed by atoms with E-state index in [-0.39, 0.29) is 0 Å². The van der Waals surface area contributed by atoms with E-state index in [4.69, 9.17) is 9.84 Å². The Balaban J connectivity index is 1.80. The molecule has 0 saturated carbocycles. The van der Waals surface area contributed by atoms with Gasteiger partial charge in [0.1, 0.15) is 5.75 Å². The lowest BCUT2D eigenvalue weighted by Crippen LogP contribution is -2.04. The SMILES string of the molecule is CC(Cc1ccccc1)c1ccc(-c2ccccc2OC(=O)O)cc1. The van der Waals surface area contributed by atoms with Gasteiger partial charge in [-0.1, -0.05) is 79.7 Å². The second-order valence-electron chi connectivity index (χ2n) is 6.08. The molecule has 3 aromatic rings. The highest BCUT2D eigenvalue weighted by Gasteiger charge is 2.11. The van der Waals surface area contributed by atoms with Gasteiger partial charge in [0.2, 0.25) is 0 Å². The minimum atomic E-state index is -1.31. The van der Waals surface area contributed by atoms with Crippen LogP contribution in [0.5, 0.6) is 5.75 Å². The summed E-state index contributed by atoms with van der Waals surface area (Å²) in [5.41, 5.74) is 4.28. The Bertz CT molecular complexity index is 839. The molecule has 0 amide bonds. The van der Waals surface area contributed by atoms with Crippen molar-refractivity contribution in [1.29, 1.82) is 0 Å². The first kappa shape index (κ1) is 16.8. The minimum absolute atomic E-state index is 0.347. The fourth-order valence-electron chi connectivity index (χ4n) is 2.96. The summed E-state index contributed by atoms with van der Waals surface area (Å²) in [6.07, 6.45) is -0.320. The van der Waals surface area contributed by atoms with Crippen LogP contribution in [0, 0.1) is 0 Å². The van der Waals surface area contributed by atoms with Crippen LogP contribution in [0.4, 0.5) is 4.79 Å². The third kappa shape index (κ3) is 4.27. The first-order valence-electron chi connectivity index (χ1n) is 8.27. The predicted octanol–water partition coefficient (Wildman–Crippen LogP) is 5.76. The van der Waals surface area contributed by atoms with E-state index in [2.05, 4.69) is 43.3 Å². The molecule has 0 aliphatic heterocycles. The molecule has 0 aliphatic carbocycles. The standard InChI is InChI=1S/C22H20O3/c1-16(15-17-7-3-2-4-8-17)18-11-13-19(14-12-18)20-9-5-6-10-21(20)25-22(23)24/h2-14,16H,15H2,1H3,(H,23,24). The van der Waals surface area contributed by atoms with Crippen LogP contribution in [-0.4, -0.2) is 11.3 Å². The molecule has 126 valence electrons. The molecule has 0 spiro atoms. The smallest absolute Gasteiger partial charge is 0.449 e. The number of ether oxygens (including phenoxy) is 1. The Labute approximate surface area is 147 Å². The summed E-state index contributed by atoms with van der Waals surface area (Å²) < 4.78 is 4.87. The van der Waals surface area contributed by atoms with Crippen molar-refractivity contribution in [2.24, 2.45) is 0 Å². The number of carbonyl (C=O) groups is 1. The lowest BCUT2D eigenvalue weighted by molar-refractivity contribution is 0.144. The van der Waals surface area contributed by atoms with Crippen molar-refractivity contribution in [2.45, 2.75) is 19.3 Å². The van der Waals surface area contributed by atoms with Gasteiger partial charge in [0.25, 0.3) is 0 Å². The third-order valence-electron chi connectivity index (χ3n) is 4.26. The van der Waals surface area contributed by atoms with Crippen LogP contribution in [0.25, 0.3) is 11.1 Å². The molecule has 1 N–H and O–H groups in total.